The summed E-state index contributed by atoms with van der Waals surface area (Å²) in [6.07, 6.45) is 10.9. The van der Waals surface area contributed by atoms with Crippen LogP contribution in [0.1, 0.15) is 44.1 Å². The monoisotopic (exact) mass is 340 g/mol. The van der Waals surface area contributed by atoms with E-state index in [0.29, 0.717) is 11.0 Å². The molecule has 0 aliphatic heterocycles. The maximum atomic E-state index is 12.2. The van der Waals surface area contributed by atoms with E-state index in [-0.39, 0.29) is 11.6 Å². The van der Waals surface area contributed by atoms with Crippen molar-refractivity contribution in [3.8, 4) is 0 Å². The Morgan fingerprint density at radius 3 is 2.36 bits per heavy atom. The van der Waals surface area contributed by atoms with Crippen LogP contribution in [0.3, 0.4) is 0 Å². The van der Waals surface area contributed by atoms with Crippen LogP contribution in [0.25, 0.3) is 6.08 Å². The Morgan fingerprint density at radius 1 is 1.16 bits per heavy atom. The molecule has 25 heavy (non-hydrogen) atoms. The van der Waals surface area contributed by atoms with Crippen LogP contribution in [0, 0.1) is 33.3 Å². The first-order valence-electron chi connectivity index (χ1n) is 9.22. The standard InChI is InChI=1S/C20H24N2O3/c23-19(6-5-17-3-1-2-4-18(17)22(24)25)21-13-20-10-14-7-15(11-20)9-16(8-14)12-20/h1-6,14-16H,7-13H2,(H,21,23)/b6-5+. The topological polar surface area (TPSA) is 72.2 Å². The second-order valence-electron chi connectivity index (χ2n) is 8.28. The zero-order valence-corrected chi connectivity index (χ0v) is 14.3. The fraction of sp³-hybridized carbons (Fsp3) is 0.550. The number of hydrogen-bond acceptors (Lipinski definition) is 3. The number of hydrogen-bond donors (Lipinski definition) is 1. The van der Waals surface area contributed by atoms with Crippen LogP contribution < -0.4 is 5.32 Å². The number of nitrogens with one attached hydrogen (secondary N) is 1. The number of rotatable bonds is 5. The lowest BCUT2D eigenvalue weighted by Gasteiger charge is -2.56. The summed E-state index contributed by atoms with van der Waals surface area (Å²) in [6.45, 7) is 0.747. The molecule has 4 bridgehead atoms. The molecular weight excluding hydrogens is 316 g/mol. The lowest BCUT2D eigenvalue weighted by atomic mass is 9.49. The number of para-hydroxylation sites is 1. The van der Waals surface area contributed by atoms with E-state index in [1.165, 1.54) is 56.7 Å². The van der Waals surface area contributed by atoms with Gasteiger partial charge >= 0.3 is 0 Å². The largest absolute Gasteiger partial charge is 0.352 e. The molecule has 1 aromatic rings. The molecule has 0 unspecified atom stereocenters. The number of nitro benzene ring substituents is 1. The molecule has 0 aromatic heterocycles. The molecular formula is C20H24N2O3. The molecule has 5 rings (SSSR count). The van der Waals surface area contributed by atoms with E-state index in [4.69, 9.17) is 0 Å². The summed E-state index contributed by atoms with van der Waals surface area (Å²) in [5.74, 6) is 2.44. The number of nitrogens with zero attached hydrogens (tertiary/aromatic N) is 1. The summed E-state index contributed by atoms with van der Waals surface area (Å²) in [7, 11) is 0. The summed E-state index contributed by atoms with van der Waals surface area (Å²) in [5, 5.41) is 14.1. The molecule has 0 radical (unpaired) electrons. The first-order chi connectivity index (χ1) is 12.0. The predicted molar refractivity (Wildman–Crippen MR) is 95.7 cm³/mol. The third-order valence-electron chi connectivity index (χ3n) is 6.35. The fourth-order valence-electron chi connectivity index (χ4n) is 5.80. The average Bonchev–Trinajstić information content (AvgIpc) is 2.57. The number of amides is 1. The highest BCUT2D eigenvalue weighted by molar-refractivity contribution is 5.92. The molecule has 0 saturated heterocycles. The van der Waals surface area contributed by atoms with E-state index in [9.17, 15) is 14.9 Å². The fourth-order valence-corrected chi connectivity index (χ4v) is 5.80. The summed E-state index contributed by atoms with van der Waals surface area (Å²) in [5.41, 5.74) is 0.780. The highest BCUT2D eigenvalue weighted by Gasteiger charge is 2.50. The first kappa shape index (κ1) is 16.3. The second kappa shape index (κ2) is 6.28. The Bertz CT molecular complexity index is 690. The molecule has 0 heterocycles. The van der Waals surface area contributed by atoms with Gasteiger partial charge in [0.2, 0.25) is 5.91 Å². The Balaban J connectivity index is 1.38. The Labute approximate surface area is 147 Å². The number of carbonyl (C=O) groups is 1. The minimum Gasteiger partial charge on any atom is -0.352 e. The van der Waals surface area contributed by atoms with Crippen LogP contribution in [0.15, 0.2) is 30.3 Å². The van der Waals surface area contributed by atoms with Gasteiger partial charge < -0.3 is 5.32 Å². The lowest BCUT2D eigenvalue weighted by molar-refractivity contribution is -0.385. The minimum atomic E-state index is -0.424. The smallest absolute Gasteiger partial charge is 0.276 e. The van der Waals surface area contributed by atoms with Crippen LogP contribution in [-0.4, -0.2) is 17.4 Å². The van der Waals surface area contributed by atoms with Crippen LogP contribution in [0.4, 0.5) is 5.69 Å². The molecule has 0 atom stereocenters. The van der Waals surface area contributed by atoms with Crippen LogP contribution in [-0.2, 0) is 4.79 Å². The summed E-state index contributed by atoms with van der Waals surface area (Å²) < 4.78 is 0. The van der Waals surface area contributed by atoms with Crippen molar-refractivity contribution in [1.82, 2.24) is 5.32 Å². The van der Waals surface area contributed by atoms with Gasteiger partial charge in [-0.15, -0.1) is 0 Å². The zero-order valence-electron chi connectivity index (χ0n) is 14.3. The van der Waals surface area contributed by atoms with Gasteiger partial charge in [-0.25, -0.2) is 0 Å². The number of nitro groups is 1. The maximum Gasteiger partial charge on any atom is 0.276 e. The van der Waals surface area contributed by atoms with Crippen molar-refractivity contribution in [2.75, 3.05) is 6.54 Å². The van der Waals surface area contributed by atoms with Gasteiger partial charge in [0.1, 0.15) is 0 Å². The summed E-state index contributed by atoms with van der Waals surface area (Å²) in [4.78, 5) is 22.8. The molecule has 5 heteroatoms. The SMILES string of the molecule is O=C(/C=C/c1ccccc1[N+](=O)[O-])NCC12CC3CC(CC(C3)C1)C2. The second-order valence-corrected chi connectivity index (χ2v) is 8.28. The third kappa shape index (κ3) is 3.32. The van der Waals surface area contributed by atoms with Crippen molar-refractivity contribution < 1.29 is 9.72 Å². The van der Waals surface area contributed by atoms with Crippen LogP contribution in [0.5, 0.6) is 0 Å². The Hall–Kier alpha value is -2.17. The van der Waals surface area contributed by atoms with Gasteiger partial charge in [0.25, 0.3) is 5.69 Å². The van der Waals surface area contributed by atoms with Gasteiger partial charge in [0, 0.05) is 18.7 Å². The highest BCUT2D eigenvalue weighted by Crippen LogP contribution is 2.59. The van der Waals surface area contributed by atoms with Crippen molar-refractivity contribution in [3.05, 3.63) is 46.0 Å². The van der Waals surface area contributed by atoms with Crippen molar-refractivity contribution in [2.24, 2.45) is 23.2 Å². The van der Waals surface area contributed by atoms with E-state index in [1.807, 2.05) is 0 Å². The van der Waals surface area contributed by atoms with Crippen molar-refractivity contribution in [3.63, 3.8) is 0 Å². The van der Waals surface area contributed by atoms with Gasteiger partial charge in [-0.3, -0.25) is 14.9 Å². The van der Waals surface area contributed by atoms with E-state index < -0.39 is 4.92 Å². The Morgan fingerprint density at radius 2 is 1.76 bits per heavy atom. The van der Waals surface area contributed by atoms with Crippen molar-refractivity contribution in [1.29, 1.82) is 0 Å². The highest BCUT2D eigenvalue weighted by atomic mass is 16.6. The number of benzene rings is 1. The van der Waals surface area contributed by atoms with E-state index in [1.54, 1.807) is 18.2 Å². The summed E-state index contributed by atoms with van der Waals surface area (Å²) in [6, 6.07) is 6.47. The molecule has 4 saturated carbocycles. The molecule has 4 aliphatic carbocycles. The molecule has 4 fully saturated rings. The van der Waals surface area contributed by atoms with Gasteiger partial charge in [-0.1, -0.05) is 12.1 Å². The van der Waals surface area contributed by atoms with Gasteiger partial charge in [0.05, 0.1) is 10.5 Å². The third-order valence-corrected chi connectivity index (χ3v) is 6.35. The summed E-state index contributed by atoms with van der Waals surface area (Å²) >= 11 is 0. The van der Waals surface area contributed by atoms with Gasteiger partial charge in [-0.05, 0) is 73.8 Å². The van der Waals surface area contributed by atoms with Crippen molar-refractivity contribution in [2.45, 2.75) is 38.5 Å². The quantitative estimate of drug-likeness (QED) is 0.501. The Kier molecular flexibility index (Phi) is 4.10. The molecule has 5 nitrogen and oxygen atoms in total. The van der Waals surface area contributed by atoms with E-state index in [2.05, 4.69) is 5.32 Å². The molecule has 132 valence electrons. The normalized spacial score (nSPS) is 32.9. The first-order valence-corrected chi connectivity index (χ1v) is 9.22. The molecule has 0 spiro atoms. The van der Waals surface area contributed by atoms with Gasteiger partial charge in [0.15, 0.2) is 0 Å². The van der Waals surface area contributed by atoms with E-state index in [0.717, 1.165) is 24.3 Å². The molecule has 1 aromatic carbocycles. The van der Waals surface area contributed by atoms with Gasteiger partial charge in [-0.2, -0.15) is 0 Å². The molecule has 4 aliphatic rings. The maximum absolute atomic E-state index is 12.2. The van der Waals surface area contributed by atoms with Crippen molar-refractivity contribution >= 4 is 17.7 Å². The average molecular weight is 340 g/mol. The predicted octanol–water partition coefficient (Wildman–Crippen LogP) is 3.94. The van der Waals surface area contributed by atoms with Crippen LogP contribution in [0.2, 0.25) is 0 Å². The van der Waals surface area contributed by atoms with E-state index >= 15 is 0 Å². The lowest BCUT2D eigenvalue weighted by Crippen LogP contribution is -2.51. The zero-order chi connectivity index (χ0) is 17.4. The minimum absolute atomic E-state index is 0.0210. The molecule has 1 amide bonds. The molecule has 1 N–H and O–H groups in total. The van der Waals surface area contributed by atoms with Crippen LogP contribution >= 0.6 is 0 Å². The number of carbonyl (C=O) groups excluding carboxylic acids is 1.